The molecule has 0 aliphatic rings. The standard InChI is InChI=1S/C13H24O4/c1-5-12(4,10(14)15)8-9-13(6-2,7-3)11(16)17/h5-9H2,1-4H3,(H,14,15)(H,16,17). The van der Waals surface area contributed by atoms with Gasteiger partial charge in [0.2, 0.25) is 0 Å². The Morgan fingerprint density at radius 3 is 1.59 bits per heavy atom. The molecule has 0 aromatic heterocycles. The Kier molecular flexibility index (Phi) is 5.66. The molecule has 0 aliphatic heterocycles. The molecule has 0 spiro atoms. The van der Waals surface area contributed by atoms with Gasteiger partial charge in [0.05, 0.1) is 10.8 Å². The summed E-state index contributed by atoms with van der Waals surface area (Å²) >= 11 is 0. The molecule has 0 fully saturated rings. The lowest BCUT2D eigenvalue weighted by Crippen LogP contribution is -2.34. The van der Waals surface area contributed by atoms with Gasteiger partial charge in [-0.1, -0.05) is 20.8 Å². The number of hydrogen-bond acceptors (Lipinski definition) is 2. The lowest BCUT2D eigenvalue weighted by molar-refractivity contribution is -0.154. The van der Waals surface area contributed by atoms with E-state index in [1.165, 1.54) is 0 Å². The number of rotatable bonds is 8. The highest BCUT2D eigenvalue weighted by Crippen LogP contribution is 2.38. The maximum atomic E-state index is 11.3. The summed E-state index contributed by atoms with van der Waals surface area (Å²) in [6.45, 7) is 7.21. The molecule has 17 heavy (non-hydrogen) atoms. The van der Waals surface area contributed by atoms with Gasteiger partial charge in [0.15, 0.2) is 0 Å². The first-order valence-corrected chi connectivity index (χ1v) is 6.24. The molecule has 0 bridgehead atoms. The monoisotopic (exact) mass is 244 g/mol. The van der Waals surface area contributed by atoms with Gasteiger partial charge in [-0.3, -0.25) is 9.59 Å². The zero-order valence-corrected chi connectivity index (χ0v) is 11.2. The van der Waals surface area contributed by atoms with Gasteiger partial charge in [0, 0.05) is 0 Å². The molecule has 0 radical (unpaired) electrons. The highest BCUT2D eigenvalue weighted by Gasteiger charge is 2.39. The van der Waals surface area contributed by atoms with Crippen molar-refractivity contribution in [2.75, 3.05) is 0 Å². The molecule has 4 nitrogen and oxygen atoms in total. The molecule has 0 aromatic carbocycles. The van der Waals surface area contributed by atoms with Crippen LogP contribution < -0.4 is 0 Å². The molecule has 1 unspecified atom stereocenters. The number of carboxylic acid groups (broad SMARTS) is 2. The SMILES string of the molecule is CCC(C)(CCC(CC)(CC)C(=O)O)C(=O)O. The summed E-state index contributed by atoms with van der Waals surface area (Å²) in [5.41, 5.74) is -1.59. The Hall–Kier alpha value is -1.06. The summed E-state index contributed by atoms with van der Waals surface area (Å²) < 4.78 is 0. The summed E-state index contributed by atoms with van der Waals surface area (Å²) in [4.78, 5) is 22.5. The van der Waals surface area contributed by atoms with E-state index in [9.17, 15) is 14.7 Å². The van der Waals surface area contributed by atoms with E-state index in [0.717, 1.165) is 0 Å². The molecule has 4 heteroatoms. The molecule has 2 N–H and O–H groups in total. The van der Waals surface area contributed by atoms with Gasteiger partial charge in [0.1, 0.15) is 0 Å². The van der Waals surface area contributed by atoms with Gasteiger partial charge in [-0.05, 0) is 39.0 Å². The van der Waals surface area contributed by atoms with Crippen LogP contribution in [0.5, 0.6) is 0 Å². The van der Waals surface area contributed by atoms with Crippen molar-refractivity contribution in [3.8, 4) is 0 Å². The molecular formula is C13H24O4. The second-order valence-corrected chi connectivity index (χ2v) is 5.01. The average Bonchev–Trinajstić information content (AvgIpc) is 2.30. The van der Waals surface area contributed by atoms with Crippen LogP contribution in [0.3, 0.4) is 0 Å². The molecular weight excluding hydrogens is 220 g/mol. The zero-order chi connectivity index (χ0) is 13.7. The van der Waals surface area contributed by atoms with E-state index in [2.05, 4.69) is 0 Å². The highest BCUT2D eigenvalue weighted by molar-refractivity contribution is 5.76. The van der Waals surface area contributed by atoms with Crippen LogP contribution in [0.1, 0.15) is 59.8 Å². The third kappa shape index (κ3) is 3.45. The summed E-state index contributed by atoms with van der Waals surface area (Å²) in [5.74, 6) is -1.65. The average molecular weight is 244 g/mol. The van der Waals surface area contributed by atoms with Gasteiger partial charge >= 0.3 is 11.9 Å². The zero-order valence-electron chi connectivity index (χ0n) is 11.2. The van der Waals surface area contributed by atoms with Gasteiger partial charge in [-0.2, -0.15) is 0 Å². The van der Waals surface area contributed by atoms with Gasteiger partial charge in [-0.25, -0.2) is 0 Å². The Balaban J connectivity index is 4.82. The van der Waals surface area contributed by atoms with E-state index in [1.54, 1.807) is 6.92 Å². The fraction of sp³-hybridized carbons (Fsp3) is 0.846. The minimum Gasteiger partial charge on any atom is -0.481 e. The van der Waals surface area contributed by atoms with Crippen molar-refractivity contribution in [3.63, 3.8) is 0 Å². The topological polar surface area (TPSA) is 74.6 Å². The highest BCUT2D eigenvalue weighted by atomic mass is 16.4. The normalized spacial score (nSPS) is 15.3. The van der Waals surface area contributed by atoms with E-state index >= 15 is 0 Å². The predicted octanol–water partition coefficient (Wildman–Crippen LogP) is 3.16. The number of aliphatic carboxylic acids is 2. The fourth-order valence-corrected chi connectivity index (χ4v) is 1.96. The molecule has 0 saturated carbocycles. The van der Waals surface area contributed by atoms with Crippen LogP contribution in [0.2, 0.25) is 0 Å². The van der Waals surface area contributed by atoms with Crippen LogP contribution in [0.4, 0.5) is 0 Å². The van der Waals surface area contributed by atoms with Crippen LogP contribution >= 0.6 is 0 Å². The molecule has 0 amide bonds. The Bertz CT molecular complexity index is 281. The van der Waals surface area contributed by atoms with Crippen molar-refractivity contribution >= 4 is 11.9 Å². The maximum absolute atomic E-state index is 11.3. The third-order valence-corrected chi connectivity index (χ3v) is 4.26. The minimum atomic E-state index is -0.841. The smallest absolute Gasteiger partial charge is 0.309 e. The van der Waals surface area contributed by atoms with Crippen molar-refractivity contribution in [3.05, 3.63) is 0 Å². The third-order valence-electron chi connectivity index (χ3n) is 4.26. The molecule has 100 valence electrons. The Labute approximate surface area is 103 Å². The van der Waals surface area contributed by atoms with Crippen LogP contribution in [0.15, 0.2) is 0 Å². The molecule has 1 atom stereocenters. The minimum absolute atomic E-state index is 0.410. The van der Waals surface area contributed by atoms with E-state index in [4.69, 9.17) is 5.11 Å². The molecule has 0 aromatic rings. The van der Waals surface area contributed by atoms with E-state index in [0.29, 0.717) is 32.1 Å². The summed E-state index contributed by atoms with van der Waals surface area (Å²) in [6, 6.07) is 0. The van der Waals surface area contributed by atoms with Crippen LogP contribution in [0.25, 0.3) is 0 Å². The number of carbonyl (C=O) groups is 2. The first kappa shape index (κ1) is 15.9. The lowest BCUT2D eigenvalue weighted by atomic mass is 9.72. The van der Waals surface area contributed by atoms with Crippen molar-refractivity contribution in [2.45, 2.75) is 59.8 Å². The van der Waals surface area contributed by atoms with Gasteiger partial charge in [-0.15, -0.1) is 0 Å². The largest absolute Gasteiger partial charge is 0.481 e. The molecule has 0 saturated heterocycles. The predicted molar refractivity (Wildman–Crippen MR) is 65.9 cm³/mol. The van der Waals surface area contributed by atoms with Crippen LogP contribution in [-0.4, -0.2) is 22.2 Å². The molecule has 0 heterocycles. The summed E-state index contributed by atoms with van der Waals surface area (Å²) in [6.07, 6.45) is 2.43. The number of hydrogen-bond donors (Lipinski definition) is 2. The van der Waals surface area contributed by atoms with Crippen molar-refractivity contribution < 1.29 is 19.8 Å². The van der Waals surface area contributed by atoms with Crippen molar-refractivity contribution in [1.82, 2.24) is 0 Å². The summed E-state index contributed by atoms with van der Waals surface area (Å²) in [7, 11) is 0. The second kappa shape index (κ2) is 6.03. The Morgan fingerprint density at radius 2 is 1.35 bits per heavy atom. The Morgan fingerprint density at radius 1 is 0.882 bits per heavy atom. The van der Waals surface area contributed by atoms with Gasteiger partial charge < -0.3 is 10.2 Å². The lowest BCUT2D eigenvalue weighted by Gasteiger charge is -2.31. The van der Waals surface area contributed by atoms with Crippen LogP contribution in [0, 0.1) is 10.8 Å². The van der Waals surface area contributed by atoms with E-state index in [-0.39, 0.29) is 0 Å². The summed E-state index contributed by atoms with van der Waals surface area (Å²) in [5, 5.41) is 18.5. The second-order valence-electron chi connectivity index (χ2n) is 5.01. The van der Waals surface area contributed by atoms with E-state index in [1.807, 2.05) is 20.8 Å². The van der Waals surface area contributed by atoms with E-state index < -0.39 is 22.8 Å². The number of carboxylic acids is 2. The maximum Gasteiger partial charge on any atom is 0.309 e. The van der Waals surface area contributed by atoms with Crippen LogP contribution in [-0.2, 0) is 9.59 Å². The molecule has 0 aliphatic carbocycles. The van der Waals surface area contributed by atoms with Crippen molar-refractivity contribution in [2.24, 2.45) is 10.8 Å². The van der Waals surface area contributed by atoms with Gasteiger partial charge in [0.25, 0.3) is 0 Å². The first-order chi connectivity index (χ1) is 7.78. The molecule has 0 rings (SSSR count). The fourth-order valence-electron chi connectivity index (χ4n) is 1.96. The quantitative estimate of drug-likeness (QED) is 0.687. The van der Waals surface area contributed by atoms with Crippen molar-refractivity contribution in [1.29, 1.82) is 0 Å². The first-order valence-electron chi connectivity index (χ1n) is 6.24.